The van der Waals surface area contributed by atoms with Crippen LogP contribution in [0, 0.1) is 6.92 Å². The van der Waals surface area contributed by atoms with Gasteiger partial charge in [-0.05, 0) is 38.8 Å². The Morgan fingerprint density at radius 2 is 2.16 bits per heavy atom. The number of rotatable bonds is 8. The summed E-state index contributed by atoms with van der Waals surface area (Å²) in [6, 6.07) is 5.82. The maximum absolute atomic E-state index is 11.8. The summed E-state index contributed by atoms with van der Waals surface area (Å²) in [5, 5.41) is 2.98. The molecule has 19 heavy (non-hydrogen) atoms. The minimum absolute atomic E-state index is 0.0358. The van der Waals surface area contributed by atoms with E-state index in [-0.39, 0.29) is 11.9 Å². The highest BCUT2D eigenvalue weighted by atomic mass is 16.5. The fourth-order valence-corrected chi connectivity index (χ4v) is 1.90. The molecule has 0 aromatic carbocycles. The molecule has 1 rings (SSSR count). The summed E-state index contributed by atoms with van der Waals surface area (Å²) in [5.41, 5.74) is 1.88. The van der Waals surface area contributed by atoms with Gasteiger partial charge in [0.2, 0.25) is 5.91 Å². The molecule has 1 aromatic rings. The minimum Gasteiger partial charge on any atom is -0.385 e. The van der Waals surface area contributed by atoms with Crippen molar-refractivity contribution in [2.24, 2.45) is 0 Å². The van der Waals surface area contributed by atoms with Gasteiger partial charge in [0.15, 0.2) is 0 Å². The summed E-state index contributed by atoms with van der Waals surface area (Å²) >= 11 is 0. The molecule has 106 valence electrons. The van der Waals surface area contributed by atoms with Crippen LogP contribution in [-0.4, -0.2) is 24.6 Å². The number of hydrogen-bond donors (Lipinski definition) is 1. The van der Waals surface area contributed by atoms with Crippen LogP contribution in [-0.2, 0) is 9.53 Å². The van der Waals surface area contributed by atoms with E-state index in [1.54, 1.807) is 7.11 Å². The summed E-state index contributed by atoms with van der Waals surface area (Å²) in [7, 11) is 1.70. The number of pyridine rings is 1. The zero-order valence-electron chi connectivity index (χ0n) is 12.1. The van der Waals surface area contributed by atoms with E-state index < -0.39 is 0 Å². The summed E-state index contributed by atoms with van der Waals surface area (Å²) in [5.74, 6) is 0.0909. The second kappa shape index (κ2) is 8.64. The highest BCUT2D eigenvalue weighted by Gasteiger charge is 2.10. The first-order valence-electron chi connectivity index (χ1n) is 6.85. The van der Waals surface area contributed by atoms with Crippen molar-refractivity contribution in [1.82, 2.24) is 10.3 Å². The van der Waals surface area contributed by atoms with Crippen LogP contribution in [0.15, 0.2) is 18.2 Å². The van der Waals surface area contributed by atoms with Gasteiger partial charge in [0.05, 0.1) is 11.7 Å². The average molecular weight is 264 g/mol. The van der Waals surface area contributed by atoms with Crippen LogP contribution in [0.5, 0.6) is 0 Å². The first-order chi connectivity index (χ1) is 9.13. The molecular weight excluding hydrogens is 240 g/mol. The van der Waals surface area contributed by atoms with Gasteiger partial charge in [-0.1, -0.05) is 12.5 Å². The van der Waals surface area contributed by atoms with Crippen LogP contribution in [0.2, 0.25) is 0 Å². The lowest BCUT2D eigenvalue weighted by molar-refractivity contribution is -0.121. The van der Waals surface area contributed by atoms with Crippen molar-refractivity contribution in [2.75, 3.05) is 13.7 Å². The number of ether oxygens (including phenoxy) is 1. The molecule has 1 N–H and O–H groups in total. The highest BCUT2D eigenvalue weighted by molar-refractivity contribution is 5.76. The summed E-state index contributed by atoms with van der Waals surface area (Å²) < 4.78 is 4.97. The molecule has 1 unspecified atom stereocenters. The van der Waals surface area contributed by atoms with Crippen molar-refractivity contribution in [3.63, 3.8) is 0 Å². The molecule has 0 fully saturated rings. The van der Waals surface area contributed by atoms with Crippen LogP contribution < -0.4 is 5.32 Å². The molecule has 0 bridgehead atoms. The first-order valence-corrected chi connectivity index (χ1v) is 6.85. The largest absolute Gasteiger partial charge is 0.385 e. The molecule has 0 radical (unpaired) electrons. The van der Waals surface area contributed by atoms with Crippen molar-refractivity contribution in [1.29, 1.82) is 0 Å². The molecule has 0 aliphatic heterocycles. The Kier molecular flexibility index (Phi) is 7.11. The molecule has 0 saturated carbocycles. The Labute approximate surface area is 115 Å². The third-order valence-electron chi connectivity index (χ3n) is 2.98. The van der Waals surface area contributed by atoms with Gasteiger partial charge in [0, 0.05) is 25.8 Å². The van der Waals surface area contributed by atoms with Crippen molar-refractivity contribution in [2.45, 2.75) is 45.6 Å². The van der Waals surface area contributed by atoms with E-state index in [0.29, 0.717) is 6.42 Å². The van der Waals surface area contributed by atoms with Gasteiger partial charge in [-0.3, -0.25) is 9.78 Å². The van der Waals surface area contributed by atoms with Crippen molar-refractivity contribution >= 4 is 5.91 Å². The lowest BCUT2D eigenvalue weighted by atomic mass is 10.1. The number of carbonyl (C=O) groups excluding carboxylic acids is 1. The minimum atomic E-state index is -0.0358. The van der Waals surface area contributed by atoms with Crippen LogP contribution in [0.4, 0.5) is 0 Å². The Balaban J connectivity index is 2.28. The van der Waals surface area contributed by atoms with E-state index in [1.165, 1.54) is 0 Å². The molecule has 4 nitrogen and oxygen atoms in total. The second-order valence-electron chi connectivity index (χ2n) is 4.80. The van der Waals surface area contributed by atoms with Gasteiger partial charge in [0.1, 0.15) is 0 Å². The molecule has 0 aliphatic rings. The van der Waals surface area contributed by atoms with Crippen molar-refractivity contribution < 1.29 is 9.53 Å². The Morgan fingerprint density at radius 1 is 1.37 bits per heavy atom. The van der Waals surface area contributed by atoms with E-state index in [1.807, 2.05) is 32.0 Å². The standard InChI is InChI=1S/C15H24N2O2/c1-12-8-7-9-14(16-12)13(2)17-15(18)10-5-4-6-11-19-3/h7-9,13H,4-6,10-11H2,1-3H3,(H,17,18). The first kappa shape index (κ1) is 15.6. The van der Waals surface area contributed by atoms with E-state index in [4.69, 9.17) is 4.74 Å². The van der Waals surface area contributed by atoms with Gasteiger partial charge in [-0.2, -0.15) is 0 Å². The Hall–Kier alpha value is -1.42. The zero-order chi connectivity index (χ0) is 14.1. The van der Waals surface area contributed by atoms with Crippen molar-refractivity contribution in [3.05, 3.63) is 29.6 Å². The van der Waals surface area contributed by atoms with Gasteiger partial charge in [-0.15, -0.1) is 0 Å². The predicted octanol–water partition coefficient (Wildman–Crippen LogP) is 2.77. The van der Waals surface area contributed by atoms with Gasteiger partial charge < -0.3 is 10.1 Å². The monoisotopic (exact) mass is 264 g/mol. The predicted molar refractivity (Wildman–Crippen MR) is 75.9 cm³/mol. The normalized spacial score (nSPS) is 12.2. The van der Waals surface area contributed by atoms with E-state index in [2.05, 4.69) is 10.3 Å². The highest BCUT2D eigenvalue weighted by Crippen LogP contribution is 2.10. The maximum Gasteiger partial charge on any atom is 0.220 e. The number of nitrogens with zero attached hydrogens (tertiary/aromatic N) is 1. The lowest BCUT2D eigenvalue weighted by Crippen LogP contribution is -2.27. The van der Waals surface area contributed by atoms with Gasteiger partial charge in [0.25, 0.3) is 0 Å². The van der Waals surface area contributed by atoms with Crippen LogP contribution in [0.1, 0.15) is 50.0 Å². The summed E-state index contributed by atoms with van der Waals surface area (Å²) in [6.45, 7) is 4.68. The zero-order valence-corrected chi connectivity index (χ0v) is 12.1. The van der Waals surface area contributed by atoms with Gasteiger partial charge in [-0.25, -0.2) is 0 Å². The number of nitrogens with one attached hydrogen (secondary N) is 1. The van der Waals surface area contributed by atoms with Crippen LogP contribution >= 0.6 is 0 Å². The number of carbonyl (C=O) groups is 1. The van der Waals surface area contributed by atoms with Crippen LogP contribution in [0.25, 0.3) is 0 Å². The van der Waals surface area contributed by atoms with Crippen molar-refractivity contribution in [3.8, 4) is 0 Å². The Morgan fingerprint density at radius 3 is 2.84 bits per heavy atom. The molecule has 1 atom stereocenters. The summed E-state index contributed by atoms with van der Waals surface area (Å²) in [4.78, 5) is 16.2. The number of aryl methyl sites for hydroxylation is 1. The lowest BCUT2D eigenvalue weighted by Gasteiger charge is -2.13. The molecule has 0 saturated heterocycles. The second-order valence-corrected chi connectivity index (χ2v) is 4.80. The molecule has 1 amide bonds. The fraction of sp³-hybridized carbons (Fsp3) is 0.600. The molecule has 0 aliphatic carbocycles. The Bertz CT molecular complexity index is 393. The van der Waals surface area contributed by atoms with Crippen LogP contribution in [0.3, 0.4) is 0 Å². The number of aromatic nitrogens is 1. The number of methoxy groups -OCH3 is 1. The molecule has 0 spiro atoms. The fourth-order valence-electron chi connectivity index (χ4n) is 1.90. The van der Waals surface area contributed by atoms with Gasteiger partial charge >= 0.3 is 0 Å². The number of unbranched alkanes of at least 4 members (excludes halogenated alkanes) is 2. The van der Waals surface area contributed by atoms with E-state index in [0.717, 1.165) is 37.3 Å². The topological polar surface area (TPSA) is 51.2 Å². The smallest absolute Gasteiger partial charge is 0.220 e. The number of amides is 1. The molecule has 1 aromatic heterocycles. The molecular formula is C15H24N2O2. The average Bonchev–Trinajstić information content (AvgIpc) is 2.38. The number of hydrogen-bond acceptors (Lipinski definition) is 3. The third-order valence-corrected chi connectivity index (χ3v) is 2.98. The SMILES string of the molecule is COCCCCCC(=O)NC(C)c1cccc(C)n1. The van der Waals surface area contributed by atoms with E-state index in [9.17, 15) is 4.79 Å². The maximum atomic E-state index is 11.8. The molecule has 1 heterocycles. The quantitative estimate of drug-likeness (QED) is 0.735. The summed E-state index contributed by atoms with van der Waals surface area (Å²) in [6.07, 6.45) is 3.51. The third kappa shape index (κ3) is 6.34. The van der Waals surface area contributed by atoms with E-state index >= 15 is 0 Å². The molecule has 4 heteroatoms.